The second-order valence-electron chi connectivity index (χ2n) is 5.72. The Hall–Kier alpha value is -0.580. The molecule has 0 aliphatic heterocycles. The Kier molecular flexibility index (Phi) is 7.00. The molecular weight excluding hydrogens is 342 g/mol. The van der Waals surface area contributed by atoms with Gasteiger partial charge >= 0.3 is 5.97 Å². The lowest BCUT2D eigenvalue weighted by atomic mass is 9.84. The van der Waals surface area contributed by atoms with Gasteiger partial charge in [0.1, 0.15) is 0 Å². The number of benzene rings is 1. The molecule has 1 aromatic carbocycles. The third kappa shape index (κ3) is 6.73. The number of carbonyl (C=O) groups is 1. The standard InChI is InChI=1S/C15H21BrClNO2/c1-15(2,6-5-14(19)20)7-8-18-10-11-3-4-12(16)9-13(11)17/h3-4,9,18H,5-8,10H2,1-2H3,(H,19,20). The zero-order valence-corrected chi connectivity index (χ0v) is 14.2. The molecule has 0 amide bonds. The molecule has 0 fully saturated rings. The van der Waals surface area contributed by atoms with Crippen molar-refractivity contribution in [3.05, 3.63) is 33.3 Å². The highest BCUT2D eigenvalue weighted by molar-refractivity contribution is 9.10. The molecule has 0 aliphatic rings. The van der Waals surface area contributed by atoms with Crippen LogP contribution in [0.2, 0.25) is 5.02 Å². The van der Waals surface area contributed by atoms with Crippen molar-refractivity contribution >= 4 is 33.5 Å². The number of rotatable bonds is 8. The van der Waals surface area contributed by atoms with Crippen molar-refractivity contribution in [1.29, 1.82) is 0 Å². The lowest BCUT2D eigenvalue weighted by molar-refractivity contribution is -0.137. The van der Waals surface area contributed by atoms with Crippen LogP contribution < -0.4 is 5.32 Å². The first-order valence-corrected chi connectivity index (χ1v) is 7.84. The van der Waals surface area contributed by atoms with Crippen molar-refractivity contribution in [1.82, 2.24) is 5.32 Å². The lowest BCUT2D eigenvalue weighted by Gasteiger charge is -2.24. The van der Waals surface area contributed by atoms with Gasteiger partial charge in [-0.05, 0) is 42.5 Å². The molecule has 1 rings (SSSR count). The predicted molar refractivity (Wildman–Crippen MR) is 86.1 cm³/mol. The molecule has 0 saturated heterocycles. The van der Waals surface area contributed by atoms with Gasteiger partial charge in [-0.1, -0.05) is 47.4 Å². The van der Waals surface area contributed by atoms with Gasteiger partial charge in [-0.3, -0.25) is 4.79 Å². The van der Waals surface area contributed by atoms with Crippen LogP contribution in [0.1, 0.15) is 38.7 Å². The Labute approximate surface area is 133 Å². The van der Waals surface area contributed by atoms with Crippen LogP contribution in [-0.2, 0) is 11.3 Å². The number of aliphatic carboxylic acids is 1. The van der Waals surface area contributed by atoms with Gasteiger partial charge in [-0.2, -0.15) is 0 Å². The zero-order chi connectivity index (χ0) is 15.2. The van der Waals surface area contributed by atoms with E-state index < -0.39 is 5.97 Å². The first-order valence-electron chi connectivity index (χ1n) is 6.67. The largest absolute Gasteiger partial charge is 0.481 e. The minimum Gasteiger partial charge on any atom is -0.481 e. The minimum atomic E-state index is -0.729. The van der Waals surface area contributed by atoms with Gasteiger partial charge in [0.25, 0.3) is 0 Å². The number of hydrogen-bond donors (Lipinski definition) is 2. The molecule has 0 bridgehead atoms. The molecule has 0 radical (unpaired) electrons. The number of nitrogens with one attached hydrogen (secondary N) is 1. The average Bonchev–Trinajstić information content (AvgIpc) is 2.34. The molecule has 0 aromatic heterocycles. The molecule has 1 aromatic rings. The Morgan fingerprint density at radius 1 is 1.40 bits per heavy atom. The summed E-state index contributed by atoms with van der Waals surface area (Å²) < 4.78 is 0.973. The van der Waals surface area contributed by atoms with Crippen LogP contribution in [0.4, 0.5) is 0 Å². The Morgan fingerprint density at radius 2 is 2.10 bits per heavy atom. The molecule has 112 valence electrons. The highest BCUT2D eigenvalue weighted by atomic mass is 79.9. The van der Waals surface area contributed by atoms with Crippen molar-refractivity contribution < 1.29 is 9.90 Å². The maximum absolute atomic E-state index is 10.6. The monoisotopic (exact) mass is 361 g/mol. The van der Waals surface area contributed by atoms with Crippen LogP contribution in [0.3, 0.4) is 0 Å². The Balaban J connectivity index is 2.32. The summed E-state index contributed by atoms with van der Waals surface area (Å²) in [6.45, 7) is 5.77. The van der Waals surface area contributed by atoms with Crippen molar-refractivity contribution in [2.75, 3.05) is 6.54 Å². The summed E-state index contributed by atoms with van der Waals surface area (Å²) in [7, 11) is 0. The predicted octanol–water partition coefficient (Wildman–Crippen LogP) is 4.47. The quantitative estimate of drug-likeness (QED) is 0.671. The first kappa shape index (κ1) is 17.5. The van der Waals surface area contributed by atoms with E-state index in [9.17, 15) is 4.79 Å². The van der Waals surface area contributed by atoms with E-state index in [0.717, 1.165) is 34.6 Å². The van der Waals surface area contributed by atoms with Gasteiger partial charge in [0.15, 0.2) is 0 Å². The fourth-order valence-electron chi connectivity index (χ4n) is 1.89. The van der Waals surface area contributed by atoms with Gasteiger partial charge in [0, 0.05) is 22.5 Å². The topological polar surface area (TPSA) is 49.3 Å². The van der Waals surface area contributed by atoms with Gasteiger partial charge < -0.3 is 10.4 Å². The van der Waals surface area contributed by atoms with Crippen LogP contribution >= 0.6 is 27.5 Å². The van der Waals surface area contributed by atoms with E-state index in [0.29, 0.717) is 6.42 Å². The summed E-state index contributed by atoms with van der Waals surface area (Å²) in [4.78, 5) is 10.6. The van der Waals surface area contributed by atoms with Crippen LogP contribution in [0.15, 0.2) is 22.7 Å². The number of carboxylic acid groups (broad SMARTS) is 1. The number of hydrogen-bond acceptors (Lipinski definition) is 2. The Morgan fingerprint density at radius 3 is 2.70 bits per heavy atom. The van der Waals surface area contributed by atoms with Crippen molar-refractivity contribution in [2.24, 2.45) is 5.41 Å². The second-order valence-corrected chi connectivity index (χ2v) is 7.04. The van der Waals surface area contributed by atoms with Crippen LogP contribution in [0, 0.1) is 5.41 Å². The molecule has 3 nitrogen and oxygen atoms in total. The molecule has 0 saturated carbocycles. The normalized spacial score (nSPS) is 11.6. The summed E-state index contributed by atoms with van der Waals surface area (Å²) in [6, 6.07) is 5.85. The molecular formula is C15H21BrClNO2. The first-order chi connectivity index (χ1) is 9.30. The third-order valence-electron chi connectivity index (χ3n) is 3.32. The van der Waals surface area contributed by atoms with Crippen molar-refractivity contribution in [3.63, 3.8) is 0 Å². The van der Waals surface area contributed by atoms with Crippen LogP contribution in [0.25, 0.3) is 0 Å². The summed E-state index contributed by atoms with van der Waals surface area (Å²) in [5.41, 5.74) is 1.10. The SMILES string of the molecule is CC(C)(CCNCc1ccc(Br)cc1Cl)CCC(=O)O. The maximum Gasteiger partial charge on any atom is 0.303 e. The smallest absolute Gasteiger partial charge is 0.303 e. The summed E-state index contributed by atoms with van der Waals surface area (Å²) in [5, 5.41) is 12.8. The van der Waals surface area contributed by atoms with E-state index in [2.05, 4.69) is 35.1 Å². The van der Waals surface area contributed by atoms with Crippen LogP contribution in [0.5, 0.6) is 0 Å². The van der Waals surface area contributed by atoms with Gasteiger partial charge in [-0.25, -0.2) is 0 Å². The van der Waals surface area contributed by atoms with E-state index in [1.807, 2.05) is 18.2 Å². The zero-order valence-electron chi connectivity index (χ0n) is 11.9. The Bertz CT molecular complexity index is 463. The summed E-state index contributed by atoms with van der Waals surface area (Å²) >= 11 is 9.53. The van der Waals surface area contributed by atoms with Gasteiger partial charge in [0.2, 0.25) is 0 Å². The van der Waals surface area contributed by atoms with E-state index >= 15 is 0 Å². The number of halogens is 2. The summed E-state index contributed by atoms with van der Waals surface area (Å²) in [5.74, 6) is -0.729. The molecule has 0 aliphatic carbocycles. The maximum atomic E-state index is 10.6. The molecule has 20 heavy (non-hydrogen) atoms. The molecule has 0 heterocycles. The minimum absolute atomic E-state index is 0.0366. The molecule has 0 atom stereocenters. The van der Waals surface area contributed by atoms with E-state index in [1.54, 1.807) is 0 Å². The van der Waals surface area contributed by atoms with Crippen molar-refractivity contribution in [3.8, 4) is 0 Å². The van der Waals surface area contributed by atoms with Crippen LogP contribution in [-0.4, -0.2) is 17.6 Å². The fraction of sp³-hybridized carbons (Fsp3) is 0.533. The highest BCUT2D eigenvalue weighted by Crippen LogP contribution is 2.26. The fourth-order valence-corrected chi connectivity index (χ4v) is 2.63. The lowest BCUT2D eigenvalue weighted by Crippen LogP contribution is -2.23. The third-order valence-corrected chi connectivity index (χ3v) is 4.17. The van der Waals surface area contributed by atoms with Gasteiger partial charge in [-0.15, -0.1) is 0 Å². The number of carboxylic acids is 1. The van der Waals surface area contributed by atoms with Gasteiger partial charge in [0.05, 0.1) is 0 Å². The van der Waals surface area contributed by atoms with E-state index in [-0.39, 0.29) is 11.8 Å². The summed E-state index contributed by atoms with van der Waals surface area (Å²) in [6.07, 6.45) is 1.86. The average molecular weight is 363 g/mol. The van der Waals surface area contributed by atoms with Crippen molar-refractivity contribution in [2.45, 2.75) is 39.7 Å². The highest BCUT2D eigenvalue weighted by Gasteiger charge is 2.18. The molecule has 2 N–H and O–H groups in total. The van der Waals surface area contributed by atoms with E-state index in [1.165, 1.54) is 0 Å². The molecule has 0 spiro atoms. The molecule has 5 heteroatoms. The van der Waals surface area contributed by atoms with E-state index in [4.69, 9.17) is 16.7 Å². The second kappa shape index (κ2) is 8.01. The molecule has 0 unspecified atom stereocenters.